The Morgan fingerprint density at radius 1 is 0.203 bits per heavy atom. The maximum absolute atomic E-state index is 2.59. The van der Waals surface area contributed by atoms with Crippen LogP contribution >= 0.6 is 0 Å². The molecule has 0 amide bonds. The number of hydrogen-bond acceptors (Lipinski definition) is 0. The van der Waals surface area contributed by atoms with Gasteiger partial charge in [-0.05, 0) is 139 Å². The van der Waals surface area contributed by atoms with E-state index < -0.39 is 0 Å². The van der Waals surface area contributed by atoms with Crippen LogP contribution in [0.1, 0.15) is 68.2 Å². The number of hydrogen-bond donors (Lipinski definition) is 0. The molecular weight excluding hydrogens is 769 g/mol. The third-order valence-corrected chi connectivity index (χ3v) is 15.0. The van der Waals surface area contributed by atoms with Crippen LogP contribution in [-0.2, 0) is 0 Å². The summed E-state index contributed by atoms with van der Waals surface area (Å²) < 4.78 is 0. The first-order valence-corrected chi connectivity index (χ1v) is 22.8. The lowest BCUT2D eigenvalue weighted by atomic mass is 9.68. The van der Waals surface area contributed by atoms with Crippen molar-refractivity contribution in [2.75, 3.05) is 0 Å². The van der Waals surface area contributed by atoms with Crippen molar-refractivity contribution in [3.8, 4) is 11.1 Å². The summed E-state index contributed by atoms with van der Waals surface area (Å²) in [7, 11) is 0. The van der Waals surface area contributed by atoms with Crippen LogP contribution in [0.25, 0.3) is 55.0 Å². The van der Waals surface area contributed by atoms with Gasteiger partial charge < -0.3 is 0 Å². The minimum atomic E-state index is 0.129. The molecule has 4 atom stereocenters. The molecule has 0 N–H and O–H groups in total. The monoisotopic (exact) mass is 810 g/mol. The van der Waals surface area contributed by atoms with Crippen LogP contribution in [0.5, 0.6) is 0 Å². The van der Waals surface area contributed by atoms with Gasteiger partial charge in [-0.1, -0.05) is 212 Å². The summed E-state index contributed by atoms with van der Waals surface area (Å²) >= 11 is 0. The summed E-state index contributed by atoms with van der Waals surface area (Å²) in [6.07, 6.45) is 0. The lowest BCUT2D eigenvalue weighted by Gasteiger charge is -2.34. The zero-order chi connectivity index (χ0) is 41.9. The van der Waals surface area contributed by atoms with E-state index in [1.807, 2.05) is 0 Å². The van der Waals surface area contributed by atoms with E-state index in [9.17, 15) is 0 Å². The van der Waals surface area contributed by atoms with Gasteiger partial charge >= 0.3 is 0 Å². The molecule has 0 saturated carbocycles. The van der Waals surface area contributed by atoms with Crippen LogP contribution in [0.3, 0.4) is 0 Å². The van der Waals surface area contributed by atoms with Crippen molar-refractivity contribution < 1.29 is 0 Å². The molecule has 4 aliphatic carbocycles. The quantitative estimate of drug-likeness (QED) is 0.162. The summed E-state index contributed by atoms with van der Waals surface area (Å²) in [5, 5.41) is 10.8. The van der Waals surface area contributed by atoms with Crippen molar-refractivity contribution >= 4 is 43.8 Å². The highest BCUT2D eigenvalue weighted by Gasteiger charge is 2.44. The van der Waals surface area contributed by atoms with Crippen LogP contribution < -0.4 is 20.9 Å². The van der Waals surface area contributed by atoms with Crippen molar-refractivity contribution in [1.29, 1.82) is 0 Å². The Bertz CT molecular complexity index is 3600. The molecule has 14 rings (SSSR count). The highest BCUT2D eigenvalue weighted by Crippen LogP contribution is 2.59. The summed E-state index contributed by atoms with van der Waals surface area (Å²) in [6, 6.07) is 87.6. The Kier molecular flexibility index (Phi) is 7.74. The third kappa shape index (κ3) is 5.06. The Balaban J connectivity index is 1.14. The van der Waals surface area contributed by atoms with Crippen LogP contribution in [0.15, 0.2) is 231 Å². The molecule has 0 nitrogen and oxygen atoms in total. The van der Waals surface area contributed by atoms with Crippen LogP contribution in [0, 0.1) is 0 Å². The molecule has 0 radical (unpaired) electrons. The molecule has 0 bridgehead atoms. The molecule has 0 aliphatic heterocycles. The highest BCUT2D eigenvalue weighted by atomic mass is 14.5. The smallest absolute Gasteiger partial charge is 0.0218 e. The molecule has 0 fully saturated rings. The fourth-order valence-electron chi connectivity index (χ4n) is 12.7. The van der Waals surface area contributed by atoms with Gasteiger partial charge in [-0.3, -0.25) is 0 Å². The van der Waals surface area contributed by atoms with Gasteiger partial charge in [-0.2, -0.15) is 0 Å². The van der Waals surface area contributed by atoms with Crippen LogP contribution in [0.2, 0.25) is 0 Å². The second kappa shape index (κ2) is 13.9. The maximum atomic E-state index is 2.59. The van der Waals surface area contributed by atoms with Gasteiger partial charge in [-0.15, -0.1) is 0 Å². The van der Waals surface area contributed by atoms with Gasteiger partial charge in [0.2, 0.25) is 0 Å². The van der Waals surface area contributed by atoms with Crippen molar-refractivity contribution in [3.05, 3.63) is 296 Å². The fraction of sp³-hybridized carbons (Fsp3) is 0.0625. The molecule has 10 aromatic carbocycles. The van der Waals surface area contributed by atoms with Crippen molar-refractivity contribution in [2.24, 2.45) is 0 Å². The standard InChI is InChI=1S/C64H42/c1-4-18-39(19-5-1)44-36-45(59-49-30-12-10-28-47(49)57(42-20-6-2-7-21-42)61-51-32-14-24-40-26-16-34-53(55(40)51)63(59)61)38-46(37-44)60-50-31-13-11-29-48(50)58(43-22-8-3-9-23-43)62-52-33-15-25-41-27-17-35-54(56(41)52)64(60)62/h1-38,61-64H. The Hall–Kier alpha value is -7.80. The molecule has 0 saturated heterocycles. The van der Waals surface area contributed by atoms with E-state index >= 15 is 0 Å². The SMILES string of the molecule is c1ccc(C2=c3ccccc3=C(c3cc(C4=c5ccccc5=C(c5ccccc5)C5c6cccc7cccc(c67)C45)cc(-c4ccccc4)c3)C3c4cccc5cccc(c45)C23)cc1. The first-order chi connectivity index (χ1) is 31.8. The molecule has 64 heavy (non-hydrogen) atoms. The Labute approximate surface area is 372 Å². The highest BCUT2D eigenvalue weighted by molar-refractivity contribution is 6.03. The minimum absolute atomic E-state index is 0.129. The van der Waals surface area contributed by atoms with Crippen molar-refractivity contribution in [1.82, 2.24) is 0 Å². The fourth-order valence-corrected chi connectivity index (χ4v) is 12.7. The van der Waals surface area contributed by atoms with Crippen LogP contribution in [-0.4, -0.2) is 0 Å². The first-order valence-electron chi connectivity index (χ1n) is 22.8. The lowest BCUT2D eigenvalue weighted by molar-refractivity contribution is 0.788. The van der Waals surface area contributed by atoms with E-state index in [1.165, 1.54) is 120 Å². The maximum Gasteiger partial charge on any atom is 0.0218 e. The van der Waals surface area contributed by atoms with Crippen molar-refractivity contribution in [3.63, 3.8) is 0 Å². The summed E-state index contributed by atoms with van der Waals surface area (Å²) in [4.78, 5) is 0. The van der Waals surface area contributed by atoms with Gasteiger partial charge in [0, 0.05) is 23.7 Å². The molecule has 0 heteroatoms. The molecule has 0 aromatic heterocycles. The zero-order valence-electron chi connectivity index (χ0n) is 35.2. The number of benzene rings is 10. The van der Waals surface area contributed by atoms with E-state index in [2.05, 4.69) is 231 Å². The largest absolute Gasteiger partial charge is 0.0622 e. The summed E-state index contributed by atoms with van der Waals surface area (Å²) in [5.74, 6) is 0.581. The van der Waals surface area contributed by atoms with E-state index in [4.69, 9.17) is 0 Å². The Morgan fingerprint density at radius 3 is 0.828 bits per heavy atom. The van der Waals surface area contributed by atoms with Crippen molar-refractivity contribution in [2.45, 2.75) is 23.7 Å². The van der Waals surface area contributed by atoms with E-state index in [0.717, 1.165) is 0 Å². The molecule has 0 heterocycles. The first kappa shape index (κ1) is 35.8. The van der Waals surface area contributed by atoms with Gasteiger partial charge in [0.25, 0.3) is 0 Å². The van der Waals surface area contributed by atoms with E-state index in [-0.39, 0.29) is 23.7 Å². The second-order valence-electron chi connectivity index (χ2n) is 18.1. The van der Waals surface area contributed by atoms with Gasteiger partial charge in [0.1, 0.15) is 0 Å². The topological polar surface area (TPSA) is 0 Å². The molecule has 4 unspecified atom stereocenters. The van der Waals surface area contributed by atoms with Gasteiger partial charge in [0.15, 0.2) is 0 Å². The second-order valence-corrected chi connectivity index (χ2v) is 18.1. The minimum Gasteiger partial charge on any atom is -0.0622 e. The summed E-state index contributed by atoms with van der Waals surface area (Å²) in [6.45, 7) is 0. The molecule has 0 spiro atoms. The number of rotatable bonds is 5. The summed E-state index contributed by atoms with van der Waals surface area (Å²) in [5.41, 5.74) is 19.1. The average Bonchev–Trinajstić information content (AvgIpc) is 3.87. The predicted octanol–water partition coefficient (Wildman–Crippen LogP) is 12.2. The normalized spacial score (nSPS) is 18.8. The van der Waals surface area contributed by atoms with E-state index in [0.29, 0.717) is 0 Å². The third-order valence-electron chi connectivity index (χ3n) is 15.0. The molecular formula is C64H42. The molecule has 10 aromatic rings. The Morgan fingerprint density at radius 2 is 0.484 bits per heavy atom. The van der Waals surface area contributed by atoms with Gasteiger partial charge in [0.05, 0.1) is 0 Å². The number of fused-ring (bicyclic) bond motifs is 8. The predicted molar refractivity (Wildman–Crippen MR) is 265 cm³/mol. The van der Waals surface area contributed by atoms with Gasteiger partial charge in [-0.25, -0.2) is 0 Å². The van der Waals surface area contributed by atoms with E-state index in [1.54, 1.807) is 0 Å². The average molecular weight is 811 g/mol. The zero-order valence-corrected chi connectivity index (χ0v) is 35.2. The molecule has 4 aliphatic rings. The van der Waals surface area contributed by atoms with Crippen LogP contribution in [0.4, 0.5) is 0 Å². The lowest BCUT2D eigenvalue weighted by Crippen LogP contribution is -2.38. The molecule has 298 valence electrons.